The van der Waals surface area contributed by atoms with Crippen molar-refractivity contribution in [2.24, 2.45) is 0 Å². The number of rotatable bonds is 8. The fourth-order valence-electron chi connectivity index (χ4n) is 2.78. The molecule has 0 spiro atoms. The van der Waals surface area contributed by atoms with Crippen molar-refractivity contribution in [3.05, 3.63) is 70.3 Å². The Morgan fingerprint density at radius 3 is 2.17 bits per heavy atom. The third-order valence-corrected chi connectivity index (χ3v) is 6.11. The highest BCUT2D eigenvalue weighted by molar-refractivity contribution is 7.92. The predicted molar refractivity (Wildman–Crippen MR) is 104 cm³/mol. The summed E-state index contributed by atoms with van der Waals surface area (Å²) < 4.78 is 31.6. The summed E-state index contributed by atoms with van der Waals surface area (Å²) in [5.74, 6) is -1.57. The number of nitrogens with zero attached hydrogens (tertiary/aromatic N) is 1. The van der Waals surface area contributed by atoms with Crippen LogP contribution in [0.5, 0.6) is 0 Å². The van der Waals surface area contributed by atoms with Crippen molar-refractivity contribution in [2.45, 2.75) is 30.0 Å². The van der Waals surface area contributed by atoms with Crippen molar-refractivity contribution in [1.82, 2.24) is 5.32 Å². The summed E-state index contributed by atoms with van der Waals surface area (Å²) in [6, 6.07) is 11.1. The zero-order valence-corrected chi connectivity index (χ0v) is 16.6. The fraction of sp³-hybridized carbons (Fsp3) is 0.263. The molecule has 0 saturated carbocycles. The Balaban J connectivity index is 2.61. The van der Waals surface area contributed by atoms with Crippen LogP contribution in [-0.4, -0.2) is 37.1 Å². The number of ether oxygens (including phenoxy) is 1. The minimum absolute atomic E-state index is 0.0628. The van der Waals surface area contributed by atoms with Crippen LogP contribution in [-0.2, 0) is 24.2 Å². The van der Waals surface area contributed by atoms with E-state index >= 15 is 0 Å². The van der Waals surface area contributed by atoms with E-state index in [1.807, 2.05) is 0 Å². The molecule has 1 amide bonds. The van der Waals surface area contributed by atoms with Crippen LogP contribution < -0.4 is 5.32 Å². The lowest BCUT2D eigenvalue weighted by molar-refractivity contribution is -0.384. The fourth-order valence-corrected chi connectivity index (χ4v) is 4.50. The number of esters is 1. The Labute approximate surface area is 167 Å². The Hall–Kier alpha value is -3.27. The molecule has 0 heterocycles. The number of nitrogens with one attached hydrogen (secondary N) is 1. The average Bonchev–Trinajstić information content (AvgIpc) is 2.68. The maximum atomic E-state index is 13.3. The second-order valence-corrected chi connectivity index (χ2v) is 8.13. The first-order valence-electron chi connectivity index (χ1n) is 8.65. The van der Waals surface area contributed by atoms with Gasteiger partial charge in [0.25, 0.3) is 5.69 Å². The number of sulfone groups is 1. The van der Waals surface area contributed by atoms with Crippen LogP contribution in [0.2, 0.25) is 0 Å². The van der Waals surface area contributed by atoms with Gasteiger partial charge in [0.1, 0.15) is 0 Å². The first-order valence-corrected chi connectivity index (χ1v) is 10.2. The van der Waals surface area contributed by atoms with E-state index in [2.05, 4.69) is 5.32 Å². The zero-order valence-electron chi connectivity index (χ0n) is 15.8. The van der Waals surface area contributed by atoms with Gasteiger partial charge in [0.05, 0.1) is 22.5 Å². The first kappa shape index (κ1) is 22.0. The molecule has 9 nitrogen and oxygen atoms in total. The van der Waals surface area contributed by atoms with Crippen LogP contribution in [0.15, 0.2) is 59.5 Å². The lowest BCUT2D eigenvalue weighted by Gasteiger charge is -2.26. The smallest absolute Gasteiger partial charge is 0.327 e. The Bertz CT molecular complexity index is 989. The van der Waals surface area contributed by atoms with Crippen molar-refractivity contribution in [1.29, 1.82) is 0 Å². The zero-order chi connectivity index (χ0) is 21.6. The van der Waals surface area contributed by atoms with Crippen LogP contribution in [0.25, 0.3) is 0 Å². The minimum atomic E-state index is -4.37. The van der Waals surface area contributed by atoms with Crippen molar-refractivity contribution in [3.63, 3.8) is 0 Å². The van der Waals surface area contributed by atoms with E-state index in [9.17, 15) is 28.1 Å². The number of amides is 1. The SMILES string of the molecule is CCOC(=O)C(C(NC(C)=O)c1ccccc1)S(=O)(=O)c1ccc([N+](=O)[O-])cc1. The second kappa shape index (κ2) is 9.28. The van der Waals surface area contributed by atoms with Crippen molar-refractivity contribution >= 4 is 27.4 Å². The molecule has 0 radical (unpaired) electrons. The highest BCUT2D eigenvalue weighted by Gasteiger charge is 2.43. The van der Waals surface area contributed by atoms with E-state index in [0.717, 1.165) is 24.3 Å². The molecule has 1 N–H and O–H groups in total. The topological polar surface area (TPSA) is 133 Å². The molecular weight excluding hydrogens is 400 g/mol. The summed E-state index contributed by atoms with van der Waals surface area (Å²) in [5, 5.41) is 11.6. The quantitative estimate of drug-likeness (QED) is 0.393. The molecule has 2 rings (SSSR count). The molecule has 2 atom stereocenters. The number of hydrogen-bond donors (Lipinski definition) is 1. The van der Waals surface area contributed by atoms with Crippen LogP contribution in [0.1, 0.15) is 25.5 Å². The predicted octanol–water partition coefficient (Wildman–Crippen LogP) is 2.18. The van der Waals surface area contributed by atoms with Crippen LogP contribution >= 0.6 is 0 Å². The summed E-state index contributed by atoms with van der Waals surface area (Å²) in [6.45, 7) is 2.67. The standard InChI is InChI=1S/C19H20N2O7S/c1-3-28-19(23)18(17(20-13(2)22)14-7-5-4-6-8-14)29(26,27)16-11-9-15(10-12-16)21(24)25/h4-12,17-18H,3H2,1-2H3,(H,20,22). The number of nitro groups is 1. The number of carbonyl (C=O) groups is 2. The van der Waals surface area contributed by atoms with Crippen LogP contribution in [0.3, 0.4) is 0 Å². The maximum absolute atomic E-state index is 13.3. The molecular formula is C19H20N2O7S. The van der Waals surface area contributed by atoms with Gasteiger partial charge in [0.15, 0.2) is 15.1 Å². The van der Waals surface area contributed by atoms with Gasteiger partial charge in [-0.25, -0.2) is 8.42 Å². The van der Waals surface area contributed by atoms with Gasteiger partial charge in [-0.05, 0) is 24.6 Å². The van der Waals surface area contributed by atoms with E-state index in [0.29, 0.717) is 5.56 Å². The molecule has 2 unspecified atom stereocenters. The highest BCUT2D eigenvalue weighted by atomic mass is 32.2. The monoisotopic (exact) mass is 420 g/mol. The molecule has 29 heavy (non-hydrogen) atoms. The van der Waals surface area contributed by atoms with Gasteiger partial charge in [-0.1, -0.05) is 30.3 Å². The van der Waals surface area contributed by atoms with E-state index in [-0.39, 0.29) is 17.2 Å². The molecule has 2 aromatic carbocycles. The van der Waals surface area contributed by atoms with Gasteiger partial charge < -0.3 is 10.1 Å². The minimum Gasteiger partial charge on any atom is -0.465 e. The van der Waals surface area contributed by atoms with Gasteiger partial charge in [0, 0.05) is 19.1 Å². The number of carbonyl (C=O) groups excluding carboxylic acids is 2. The van der Waals surface area contributed by atoms with Gasteiger partial charge in [-0.3, -0.25) is 19.7 Å². The van der Waals surface area contributed by atoms with Gasteiger partial charge in [-0.15, -0.1) is 0 Å². The summed E-state index contributed by atoms with van der Waals surface area (Å²) >= 11 is 0. The third-order valence-electron chi connectivity index (χ3n) is 4.05. The molecule has 10 heteroatoms. The summed E-state index contributed by atoms with van der Waals surface area (Å²) in [5.41, 5.74) is 0.101. The molecule has 0 aliphatic carbocycles. The maximum Gasteiger partial charge on any atom is 0.327 e. The number of nitro benzene ring substituents is 1. The summed E-state index contributed by atoms with van der Waals surface area (Å²) in [6.07, 6.45) is 0. The van der Waals surface area contributed by atoms with E-state index in [1.54, 1.807) is 30.3 Å². The summed E-state index contributed by atoms with van der Waals surface area (Å²) in [7, 11) is -4.37. The van der Waals surface area contributed by atoms with Crippen LogP contribution in [0.4, 0.5) is 5.69 Å². The highest BCUT2D eigenvalue weighted by Crippen LogP contribution is 2.29. The lowest BCUT2D eigenvalue weighted by Crippen LogP contribution is -2.45. The summed E-state index contributed by atoms with van der Waals surface area (Å²) in [4.78, 5) is 34.3. The van der Waals surface area contributed by atoms with Gasteiger partial charge in [0.2, 0.25) is 5.91 Å². The largest absolute Gasteiger partial charge is 0.465 e. The van der Waals surface area contributed by atoms with Crippen LogP contribution in [0, 0.1) is 10.1 Å². The molecule has 0 aromatic heterocycles. The van der Waals surface area contributed by atoms with Gasteiger partial charge in [-0.2, -0.15) is 0 Å². The molecule has 0 aliphatic heterocycles. The second-order valence-electron chi connectivity index (χ2n) is 6.06. The lowest BCUT2D eigenvalue weighted by atomic mass is 10.0. The Morgan fingerprint density at radius 2 is 1.69 bits per heavy atom. The molecule has 2 aromatic rings. The molecule has 0 aliphatic rings. The van der Waals surface area contributed by atoms with E-state index < -0.39 is 37.9 Å². The van der Waals surface area contributed by atoms with E-state index in [4.69, 9.17) is 4.74 Å². The first-order chi connectivity index (χ1) is 13.7. The number of hydrogen-bond acceptors (Lipinski definition) is 7. The third kappa shape index (κ3) is 5.17. The molecule has 0 fully saturated rings. The average molecular weight is 420 g/mol. The van der Waals surface area contributed by atoms with Crippen molar-refractivity contribution in [3.8, 4) is 0 Å². The Kier molecular flexibility index (Phi) is 7.05. The van der Waals surface area contributed by atoms with Crippen molar-refractivity contribution in [2.75, 3.05) is 6.61 Å². The number of benzene rings is 2. The normalized spacial score (nSPS) is 13.2. The van der Waals surface area contributed by atoms with E-state index in [1.165, 1.54) is 13.8 Å². The molecule has 154 valence electrons. The molecule has 0 bridgehead atoms. The van der Waals surface area contributed by atoms with Crippen molar-refractivity contribution < 1.29 is 27.7 Å². The van der Waals surface area contributed by atoms with Gasteiger partial charge >= 0.3 is 5.97 Å². The number of non-ortho nitro benzene ring substituents is 1. The molecule has 0 saturated heterocycles. The Morgan fingerprint density at radius 1 is 1.10 bits per heavy atom.